The maximum absolute atomic E-state index is 14.3. The molecule has 3 atom stereocenters. The highest BCUT2D eigenvalue weighted by Crippen LogP contribution is 2.59. The summed E-state index contributed by atoms with van der Waals surface area (Å²) in [7, 11) is -5.76. The Morgan fingerprint density at radius 1 is 1.14 bits per heavy atom. The van der Waals surface area contributed by atoms with Crippen LogP contribution in [0.25, 0.3) is 10.1 Å². The van der Waals surface area contributed by atoms with Crippen molar-refractivity contribution in [2.24, 2.45) is 5.41 Å². The minimum Gasteiger partial charge on any atom is -0.369 e. The lowest BCUT2D eigenvalue weighted by Crippen LogP contribution is -2.58. The molecule has 2 aliphatic rings. The first-order valence-corrected chi connectivity index (χ1v) is 17.4. The predicted octanol–water partition coefficient (Wildman–Crippen LogP) is 4.93. The number of hydrogen-bond donors (Lipinski definition) is 3. The van der Waals surface area contributed by atoms with Gasteiger partial charge in [-0.3, -0.25) is 18.9 Å². The summed E-state index contributed by atoms with van der Waals surface area (Å²) in [4.78, 5) is 63.8. The SMILES string of the molecule is CC(C)(C)[C@H](NC(=O)c1cc2cc(C(F)(F)P(=O)(O)O)ccc2s1)C(=O)N1CCC[C@H]1C(=O)N1CCOC(c2cccs2)C1. The van der Waals surface area contributed by atoms with Gasteiger partial charge in [-0.1, -0.05) is 32.9 Å². The number of carbonyl (C=O) groups is 3. The number of likely N-dealkylation sites (tertiary alicyclic amines) is 1. The van der Waals surface area contributed by atoms with Gasteiger partial charge >= 0.3 is 13.3 Å². The monoisotopic (exact) mass is 669 g/mol. The molecule has 3 N–H and O–H groups in total. The molecular formula is C29H34F2N3O7PS2. The minimum absolute atomic E-state index is 0.140. The Morgan fingerprint density at radius 2 is 1.89 bits per heavy atom. The first-order chi connectivity index (χ1) is 20.6. The van der Waals surface area contributed by atoms with Crippen LogP contribution < -0.4 is 5.32 Å². The highest BCUT2D eigenvalue weighted by atomic mass is 32.1. The summed E-state index contributed by atoms with van der Waals surface area (Å²) < 4.78 is 46.2. The van der Waals surface area contributed by atoms with E-state index in [-0.39, 0.29) is 28.2 Å². The van der Waals surface area contributed by atoms with Gasteiger partial charge in [0.2, 0.25) is 11.8 Å². The van der Waals surface area contributed by atoms with Gasteiger partial charge in [0, 0.05) is 28.2 Å². The number of rotatable bonds is 7. The van der Waals surface area contributed by atoms with Crippen molar-refractivity contribution in [2.45, 2.75) is 57.5 Å². The summed E-state index contributed by atoms with van der Waals surface area (Å²) >= 11 is 2.57. The van der Waals surface area contributed by atoms with E-state index < -0.39 is 42.2 Å². The Bertz CT molecular complexity index is 1600. The number of nitrogens with one attached hydrogen (secondary N) is 1. The number of halogens is 2. The molecule has 0 saturated carbocycles. The molecule has 44 heavy (non-hydrogen) atoms. The van der Waals surface area contributed by atoms with Gasteiger partial charge in [-0.25, -0.2) is 0 Å². The van der Waals surface area contributed by atoms with Crippen molar-refractivity contribution in [1.29, 1.82) is 0 Å². The second kappa shape index (κ2) is 12.2. The van der Waals surface area contributed by atoms with Gasteiger partial charge in [-0.05, 0) is 53.3 Å². The Kier molecular flexibility index (Phi) is 9.07. The number of ether oxygens (including phenoxy) is 1. The molecule has 3 aromatic rings. The molecule has 0 bridgehead atoms. The predicted molar refractivity (Wildman–Crippen MR) is 163 cm³/mol. The number of morpholine rings is 1. The highest BCUT2D eigenvalue weighted by Gasteiger charge is 2.50. The number of amides is 3. The van der Waals surface area contributed by atoms with E-state index in [1.54, 1.807) is 41.9 Å². The molecule has 15 heteroatoms. The van der Waals surface area contributed by atoms with Crippen molar-refractivity contribution in [1.82, 2.24) is 15.1 Å². The van der Waals surface area contributed by atoms with Gasteiger partial charge < -0.3 is 29.6 Å². The van der Waals surface area contributed by atoms with Crippen LogP contribution in [0.5, 0.6) is 0 Å². The van der Waals surface area contributed by atoms with E-state index in [0.717, 1.165) is 28.3 Å². The smallest absolute Gasteiger partial charge is 0.369 e. The van der Waals surface area contributed by atoms with Crippen LogP contribution in [-0.4, -0.2) is 75.6 Å². The van der Waals surface area contributed by atoms with Crippen LogP contribution >= 0.6 is 30.3 Å². The lowest BCUT2D eigenvalue weighted by molar-refractivity contribution is -0.150. The van der Waals surface area contributed by atoms with Crippen molar-refractivity contribution in [3.05, 3.63) is 57.1 Å². The zero-order chi connectivity index (χ0) is 32.0. The van der Waals surface area contributed by atoms with E-state index in [2.05, 4.69) is 5.32 Å². The number of alkyl halides is 2. The summed E-state index contributed by atoms with van der Waals surface area (Å²) in [5.41, 5.74) is -5.98. The Balaban J connectivity index is 1.33. The normalized spacial score (nSPS) is 20.6. The number of fused-ring (bicyclic) bond motifs is 1. The third-order valence-electron chi connectivity index (χ3n) is 7.90. The average Bonchev–Trinajstić information content (AvgIpc) is 3.74. The number of nitrogens with zero attached hydrogens (tertiary/aromatic N) is 2. The average molecular weight is 670 g/mol. The lowest BCUT2D eigenvalue weighted by Gasteiger charge is -2.38. The van der Waals surface area contributed by atoms with Crippen LogP contribution in [0.3, 0.4) is 0 Å². The summed E-state index contributed by atoms with van der Waals surface area (Å²) in [6, 6.07) is 6.74. The van der Waals surface area contributed by atoms with Crippen molar-refractivity contribution in [3.8, 4) is 0 Å². The van der Waals surface area contributed by atoms with Crippen LogP contribution in [0.1, 0.15) is 59.8 Å². The Hall–Kier alpha value is -2.74. The highest BCUT2D eigenvalue weighted by molar-refractivity contribution is 7.52. The van der Waals surface area contributed by atoms with Gasteiger partial charge in [0.15, 0.2) is 0 Å². The molecule has 10 nitrogen and oxygen atoms in total. The fourth-order valence-electron chi connectivity index (χ4n) is 5.52. The fourth-order valence-corrected chi connectivity index (χ4v) is 7.71. The van der Waals surface area contributed by atoms with Crippen LogP contribution in [0, 0.1) is 5.41 Å². The summed E-state index contributed by atoms with van der Waals surface area (Å²) in [5, 5.41) is 4.98. The number of hydrogen-bond acceptors (Lipinski definition) is 7. The van der Waals surface area contributed by atoms with E-state index in [9.17, 15) is 27.7 Å². The van der Waals surface area contributed by atoms with E-state index >= 15 is 0 Å². The second-order valence-electron chi connectivity index (χ2n) is 12.1. The van der Waals surface area contributed by atoms with Crippen LogP contribution in [0.15, 0.2) is 41.8 Å². The topological polar surface area (TPSA) is 136 Å². The van der Waals surface area contributed by atoms with Gasteiger partial charge in [-0.15, -0.1) is 22.7 Å². The molecule has 2 aliphatic heterocycles. The van der Waals surface area contributed by atoms with Crippen molar-refractivity contribution in [3.63, 3.8) is 0 Å². The third kappa shape index (κ3) is 6.47. The number of thiophene rings is 2. The van der Waals surface area contributed by atoms with Gasteiger partial charge in [0.05, 0.1) is 18.0 Å². The molecule has 4 heterocycles. The Morgan fingerprint density at radius 3 is 2.55 bits per heavy atom. The standard InChI is InChI=1S/C29H34F2N3O7PS2/c1-28(2,3)24(32-25(35)23-15-17-14-18(8-9-21(17)44-23)29(30,31)42(38,39)40)27(37)34-10-4-6-19(34)26(36)33-11-12-41-20(16-33)22-7-5-13-43-22/h5,7-9,13-15,19-20,24H,4,6,10-12,16H2,1-3H3,(H,32,35)(H2,38,39,40)/t19-,20?,24+/m0/s1. The molecule has 2 fully saturated rings. The first-order valence-electron chi connectivity index (χ1n) is 14.1. The molecule has 1 aromatic carbocycles. The van der Waals surface area contributed by atoms with E-state index in [1.165, 1.54) is 12.1 Å². The minimum atomic E-state index is -5.76. The van der Waals surface area contributed by atoms with Gasteiger partial charge in [-0.2, -0.15) is 8.78 Å². The van der Waals surface area contributed by atoms with E-state index in [0.29, 0.717) is 43.8 Å². The fraction of sp³-hybridized carbons (Fsp3) is 0.483. The van der Waals surface area contributed by atoms with E-state index in [4.69, 9.17) is 14.5 Å². The second-order valence-corrected chi connectivity index (χ2v) is 15.8. The first kappa shape index (κ1) is 32.6. The van der Waals surface area contributed by atoms with Crippen LogP contribution in [0.4, 0.5) is 8.78 Å². The molecule has 3 amide bonds. The van der Waals surface area contributed by atoms with Crippen molar-refractivity contribution >= 4 is 58.1 Å². The zero-order valence-electron chi connectivity index (χ0n) is 24.4. The van der Waals surface area contributed by atoms with Gasteiger partial charge in [0.25, 0.3) is 5.91 Å². The molecular weight excluding hydrogens is 635 g/mol. The summed E-state index contributed by atoms with van der Waals surface area (Å²) in [6.45, 7) is 6.99. The molecule has 238 valence electrons. The van der Waals surface area contributed by atoms with Crippen molar-refractivity contribution < 1.29 is 42.3 Å². The number of carbonyl (C=O) groups excluding carboxylic acids is 3. The van der Waals surface area contributed by atoms with Gasteiger partial charge in [0.1, 0.15) is 18.2 Å². The third-order valence-corrected chi connectivity index (χ3v) is 11.0. The molecule has 0 aliphatic carbocycles. The molecule has 0 radical (unpaired) electrons. The van der Waals surface area contributed by atoms with Crippen LogP contribution in [-0.2, 0) is 24.6 Å². The van der Waals surface area contributed by atoms with E-state index in [1.807, 2.05) is 17.5 Å². The number of benzene rings is 1. The molecule has 2 aromatic heterocycles. The molecule has 0 spiro atoms. The lowest BCUT2D eigenvalue weighted by atomic mass is 9.85. The van der Waals surface area contributed by atoms with Crippen LogP contribution in [0.2, 0.25) is 0 Å². The zero-order valence-corrected chi connectivity index (χ0v) is 26.9. The maximum Gasteiger partial charge on any atom is 0.399 e. The maximum atomic E-state index is 14.3. The summed E-state index contributed by atoms with van der Waals surface area (Å²) in [5.74, 6) is -1.13. The largest absolute Gasteiger partial charge is 0.399 e. The quantitative estimate of drug-likeness (QED) is 0.304. The Labute approximate surface area is 261 Å². The molecule has 1 unspecified atom stereocenters. The molecule has 5 rings (SSSR count). The summed E-state index contributed by atoms with van der Waals surface area (Å²) in [6.07, 6.45) is 0.929. The van der Waals surface area contributed by atoms with Crippen molar-refractivity contribution in [2.75, 3.05) is 26.2 Å². The molecule has 2 saturated heterocycles.